The molecule has 0 unspecified atom stereocenters. The molecule has 0 aliphatic carbocycles. The van der Waals surface area contributed by atoms with Gasteiger partial charge < -0.3 is 10.4 Å². The van der Waals surface area contributed by atoms with E-state index in [1.807, 2.05) is 13.0 Å². The fraction of sp³-hybridized carbons (Fsp3) is 0.167. The van der Waals surface area contributed by atoms with E-state index in [0.717, 1.165) is 20.7 Å². The van der Waals surface area contributed by atoms with E-state index in [4.69, 9.17) is 5.11 Å². The summed E-state index contributed by atoms with van der Waals surface area (Å²) in [6, 6.07) is 3.67. The van der Waals surface area contributed by atoms with Crippen molar-refractivity contribution in [2.45, 2.75) is 13.5 Å². The average Bonchev–Trinajstić information content (AvgIpc) is 2.79. The monoisotopic (exact) mass is 326 g/mol. The lowest BCUT2D eigenvalue weighted by atomic mass is 10.3. The first-order chi connectivity index (χ1) is 8.56. The summed E-state index contributed by atoms with van der Waals surface area (Å²) in [5.41, 5.74) is 2.31. The predicted octanol–water partition coefficient (Wildman–Crippen LogP) is 3.52. The molecule has 0 aromatic carbocycles. The number of aryl methyl sites for hydroxylation is 1. The summed E-state index contributed by atoms with van der Waals surface area (Å²) >= 11 is 4.77. The van der Waals surface area contributed by atoms with Crippen LogP contribution in [0.15, 0.2) is 28.3 Å². The molecule has 0 radical (unpaired) electrons. The number of hydrogen-bond donors (Lipinski definition) is 2. The van der Waals surface area contributed by atoms with Crippen LogP contribution >= 0.6 is 27.3 Å². The molecule has 2 aromatic rings. The van der Waals surface area contributed by atoms with Crippen LogP contribution < -0.4 is 5.32 Å². The van der Waals surface area contributed by atoms with Gasteiger partial charge in [0, 0.05) is 16.8 Å². The molecule has 0 atom stereocenters. The van der Waals surface area contributed by atoms with Crippen LogP contribution in [0.25, 0.3) is 0 Å². The zero-order valence-corrected chi connectivity index (χ0v) is 12.0. The van der Waals surface area contributed by atoms with Gasteiger partial charge in [-0.15, -0.1) is 11.3 Å². The second-order valence-electron chi connectivity index (χ2n) is 3.79. The number of carboxylic acids is 1. The Hall–Kier alpha value is -1.40. The first-order valence-electron chi connectivity index (χ1n) is 5.23. The van der Waals surface area contributed by atoms with E-state index in [2.05, 4.69) is 26.2 Å². The highest BCUT2D eigenvalue weighted by Gasteiger charge is 2.06. The number of nitrogens with zero attached hydrogens (tertiary/aromatic N) is 1. The van der Waals surface area contributed by atoms with E-state index in [1.165, 1.54) is 11.3 Å². The highest BCUT2D eigenvalue weighted by molar-refractivity contribution is 9.10. The molecule has 2 rings (SSSR count). The number of carbonyl (C=O) groups is 1. The van der Waals surface area contributed by atoms with E-state index < -0.39 is 5.97 Å². The molecule has 4 nitrogen and oxygen atoms in total. The quantitative estimate of drug-likeness (QED) is 0.844. The molecule has 18 heavy (non-hydrogen) atoms. The molecule has 94 valence electrons. The zero-order valence-electron chi connectivity index (χ0n) is 9.61. The molecule has 0 saturated heterocycles. The highest BCUT2D eigenvalue weighted by atomic mass is 79.9. The molecule has 0 spiro atoms. The number of rotatable bonds is 4. The van der Waals surface area contributed by atoms with E-state index in [9.17, 15) is 4.79 Å². The molecule has 6 heteroatoms. The standard InChI is InChI=1S/C12H11BrN2O2S/c1-7-2-9(4-15-11(7)13)14-5-10-3-8(6-18-10)12(16)17/h2-4,6,14H,5H2,1H3,(H,16,17). The van der Waals surface area contributed by atoms with Gasteiger partial charge in [-0.1, -0.05) is 0 Å². The minimum atomic E-state index is -0.890. The number of halogens is 1. The van der Waals surface area contributed by atoms with Crippen LogP contribution in [0, 0.1) is 6.92 Å². The minimum Gasteiger partial charge on any atom is -0.478 e. The van der Waals surface area contributed by atoms with Gasteiger partial charge in [0.25, 0.3) is 0 Å². The van der Waals surface area contributed by atoms with Gasteiger partial charge in [0.2, 0.25) is 0 Å². The average molecular weight is 327 g/mol. The topological polar surface area (TPSA) is 62.2 Å². The Kier molecular flexibility index (Phi) is 3.98. The van der Waals surface area contributed by atoms with Crippen LogP contribution in [-0.2, 0) is 6.54 Å². The van der Waals surface area contributed by atoms with Crippen molar-refractivity contribution in [3.8, 4) is 0 Å². The lowest BCUT2D eigenvalue weighted by Gasteiger charge is -2.06. The van der Waals surface area contributed by atoms with Gasteiger partial charge in [-0.3, -0.25) is 0 Å². The number of aromatic nitrogens is 1. The molecular formula is C12H11BrN2O2S. The second kappa shape index (κ2) is 5.49. The van der Waals surface area contributed by atoms with E-state index in [1.54, 1.807) is 17.6 Å². The summed E-state index contributed by atoms with van der Waals surface area (Å²) in [5, 5.41) is 13.7. The number of hydrogen-bond acceptors (Lipinski definition) is 4. The molecule has 2 heterocycles. The largest absolute Gasteiger partial charge is 0.478 e. The number of thiophene rings is 1. The van der Waals surface area contributed by atoms with E-state index >= 15 is 0 Å². The fourth-order valence-corrected chi connectivity index (χ4v) is 2.44. The summed E-state index contributed by atoms with van der Waals surface area (Å²) in [6.07, 6.45) is 1.74. The van der Waals surface area contributed by atoms with Crippen molar-refractivity contribution in [1.82, 2.24) is 4.98 Å². The molecular weight excluding hydrogens is 316 g/mol. The number of pyridine rings is 1. The Labute approximate surface area is 117 Å². The maximum atomic E-state index is 10.7. The maximum Gasteiger partial charge on any atom is 0.336 e. The lowest BCUT2D eigenvalue weighted by Crippen LogP contribution is -1.99. The van der Waals surface area contributed by atoms with Crippen LogP contribution in [0.3, 0.4) is 0 Å². The number of anilines is 1. The Morgan fingerprint density at radius 2 is 2.33 bits per heavy atom. The molecule has 2 N–H and O–H groups in total. The summed E-state index contributed by atoms with van der Waals surface area (Å²) in [7, 11) is 0. The van der Waals surface area contributed by atoms with Gasteiger partial charge in [0.05, 0.1) is 17.4 Å². The summed E-state index contributed by atoms with van der Waals surface area (Å²) in [4.78, 5) is 15.9. The number of aromatic carboxylic acids is 1. The van der Waals surface area contributed by atoms with Crippen LogP contribution in [0.5, 0.6) is 0 Å². The minimum absolute atomic E-state index is 0.335. The van der Waals surface area contributed by atoms with Crippen LogP contribution in [0.4, 0.5) is 5.69 Å². The maximum absolute atomic E-state index is 10.7. The van der Waals surface area contributed by atoms with Crippen LogP contribution in [0.2, 0.25) is 0 Å². The third-order valence-electron chi connectivity index (χ3n) is 2.38. The van der Waals surface area contributed by atoms with Crippen LogP contribution in [0.1, 0.15) is 20.8 Å². The van der Waals surface area contributed by atoms with E-state index in [0.29, 0.717) is 12.1 Å². The molecule has 0 aliphatic rings. The molecule has 0 amide bonds. The van der Waals surface area contributed by atoms with Crippen molar-refractivity contribution < 1.29 is 9.90 Å². The SMILES string of the molecule is Cc1cc(NCc2cc(C(=O)O)cs2)cnc1Br. The van der Waals surface area contributed by atoms with Crippen molar-refractivity contribution in [1.29, 1.82) is 0 Å². The third-order valence-corrected chi connectivity index (χ3v) is 4.15. The molecule has 0 bridgehead atoms. The molecule has 2 aromatic heterocycles. The fourth-order valence-electron chi connectivity index (χ4n) is 1.43. The van der Waals surface area contributed by atoms with Gasteiger partial charge in [0.15, 0.2) is 0 Å². The number of carboxylic acid groups (broad SMARTS) is 1. The zero-order chi connectivity index (χ0) is 13.1. The Balaban J connectivity index is 2.02. The van der Waals surface area contributed by atoms with Crippen molar-refractivity contribution in [2.75, 3.05) is 5.32 Å². The predicted molar refractivity (Wildman–Crippen MR) is 75.3 cm³/mol. The summed E-state index contributed by atoms with van der Waals surface area (Å²) in [6.45, 7) is 2.57. The smallest absolute Gasteiger partial charge is 0.336 e. The lowest BCUT2D eigenvalue weighted by molar-refractivity contribution is 0.0697. The third kappa shape index (κ3) is 3.08. The van der Waals surface area contributed by atoms with E-state index in [-0.39, 0.29) is 0 Å². The highest BCUT2D eigenvalue weighted by Crippen LogP contribution is 2.19. The number of nitrogens with one attached hydrogen (secondary N) is 1. The Morgan fingerprint density at radius 3 is 2.94 bits per heavy atom. The summed E-state index contributed by atoms with van der Waals surface area (Å²) < 4.78 is 0.831. The second-order valence-corrected chi connectivity index (χ2v) is 5.54. The first-order valence-corrected chi connectivity index (χ1v) is 6.90. The van der Waals surface area contributed by atoms with Gasteiger partial charge >= 0.3 is 5.97 Å². The van der Waals surface area contributed by atoms with Crippen LogP contribution in [-0.4, -0.2) is 16.1 Å². The molecule has 0 saturated carbocycles. The van der Waals surface area contributed by atoms with Gasteiger partial charge in [0.1, 0.15) is 4.60 Å². The Bertz CT molecular complexity index is 583. The van der Waals surface area contributed by atoms with Gasteiger partial charge in [-0.05, 0) is 40.5 Å². The first kappa shape index (κ1) is 13.0. The molecule has 0 aliphatic heterocycles. The van der Waals surface area contributed by atoms with Crippen molar-refractivity contribution in [3.05, 3.63) is 44.3 Å². The van der Waals surface area contributed by atoms with Gasteiger partial charge in [-0.25, -0.2) is 9.78 Å². The summed E-state index contributed by atoms with van der Waals surface area (Å²) in [5.74, 6) is -0.890. The van der Waals surface area contributed by atoms with Gasteiger partial charge in [-0.2, -0.15) is 0 Å². The normalized spacial score (nSPS) is 10.3. The molecule has 0 fully saturated rings. The Morgan fingerprint density at radius 1 is 1.56 bits per heavy atom. The van der Waals surface area contributed by atoms with Crippen molar-refractivity contribution >= 4 is 38.9 Å². The van der Waals surface area contributed by atoms with Crippen molar-refractivity contribution in [3.63, 3.8) is 0 Å². The van der Waals surface area contributed by atoms with Crippen molar-refractivity contribution in [2.24, 2.45) is 0 Å².